The molecule has 0 heterocycles. The van der Waals surface area contributed by atoms with Crippen molar-refractivity contribution in [2.24, 2.45) is 0 Å². The average Bonchev–Trinajstić information content (AvgIpc) is 2.55. The third kappa shape index (κ3) is 4.87. The second-order valence-electron chi connectivity index (χ2n) is 5.63. The molecular formula is C18H23NO4. The van der Waals surface area contributed by atoms with E-state index in [1.807, 2.05) is 31.2 Å². The first kappa shape index (κ1) is 17.1. The summed E-state index contributed by atoms with van der Waals surface area (Å²) >= 11 is 0. The molecule has 2 atom stereocenters. The summed E-state index contributed by atoms with van der Waals surface area (Å²) in [6.45, 7) is 2.40. The van der Waals surface area contributed by atoms with Gasteiger partial charge in [0.05, 0.1) is 13.2 Å². The topological polar surface area (TPSA) is 82.0 Å². The van der Waals surface area contributed by atoms with Crippen LogP contribution in [0.1, 0.15) is 24.2 Å². The van der Waals surface area contributed by atoms with Gasteiger partial charge in [-0.15, -0.1) is 0 Å². The molecule has 124 valence electrons. The molecule has 2 aromatic rings. The Balaban J connectivity index is 1.87. The molecule has 0 bridgehead atoms. The molecule has 0 saturated heterocycles. The van der Waals surface area contributed by atoms with Gasteiger partial charge in [0.25, 0.3) is 0 Å². The van der Waals surface area contributed by atoms with Crippen molar-refractivity contribution in [3.63, 3.8) is 0 Å². The number of methoxy groups -OCH3 is 1. The molecule has 0 aliphatic carbocycles. The molecule has 0 aromatic heterocycles. The monoisotopic (exact) mass is 317 g/mol. The number of aromatic hydroxyl groups is 2. The van der Waals surface area contributed by atoms with Gasteiger partial charge in [0.1, 0.15) is 5.75 Å². The minimum atomic E-state index is -0.755. The van der Waals surface area contributed by atoms with Crippen LogP contribution in [0.5, 0.6) is 17.2 Å². The Morgan fingerprint density at radius 3 is 2.57 bits per heavy atom. The SMILES string of the molecule is COc1cccc(C[C@H](C)NC[C@@H](O)c2ccc(O)c(O)c2)c1. The highest BCUT2D eigenvalue weighted by Crippen LogP contribution is 2.27. The van der Waals surface area contributed by atoms with E-state index in [1.165, 1.54) is 12.1 Å². The minimum Gasteiger partial charge on any atom is -0.504 e. The van der Waals surface area contributed by atoms with Crippen LogP contribution in [-0.2, 0) is 6.42 Å². The Hall–Kier alpha value is -2.24. The molecule has 5 nitrogen and oxygen atoms in total. The van der Waals surface area contributed by atoms with Crippen molar-refractivity contribution >= 4 is 0 Å². The van der Waals surface area contributed by atoms with Crippen molar-refractivity contribution in [1.29, 1.82) is 0 Å². The summed E-state index contributed by atoms with van der Waals surface area (Å²) in [4.78, 5) is 0. The molecule has 0 unspecified atom stereocenters. The molecule has 2 rings (SSSR count). The predicted molar refractivity (Wildman–Crippen MR) is 88.9 cm³/mol. The summed E-state index contributed by atoms with van der Waals surface area (Å²) in [5.41, 5.74) is 1.71. The number of nitrogens with one attached hydrogen (secondary N) is 1. The quantitative estimate of drug-likeness (QED) is 0.589. The van der Waals surface area contributed by atoms with Crippen LogP contribution in [0.15, 0.2) is 42.5 Å². The molecule has 0 radical (unpaired) electrons. The predicted octanol–water partition coefficient (Wildman–Crippen LogP) is 2.36. The van der Waals surface area contributed by atoms with E-state index in [2.05, 4.69) is 5.32 Å². The summed E-state index contributed by atoms with van der Waals surface area (Å²) in [6.07, 6.45) is 0.0550. The molecule has 0 saturated carbocycles. The van der Waals surface area contributed by atoms with Crippen LogP contribution in [0.2, 0.25) is 0 Å². The number of rotatable bonds is 7. The molecule has 0 aliphatic heterocycles. The van der Waals surface area contributed by atoms with Crippen LogP contribution in [0.4, 0.5) is 0 Å². The molecule has 23 heavy (non-hydrogen) atoms. The lowest BCUT2D eigenvalue weighted by Crippen LogP contribution is -2.32. The summed E-state index contributed by atoms with van der Waals surface area (Å²) in [6, 6.07) is 12.4. The van der Waals surface area contributed by atoms with Gasteiger partial charge in [-0.1, -0.05) is 18.2 Å². The maximum Gasteiger partial charge on any atom is 0.157 e. The van der Waals surface area contributed by atoms with E-state index in [1.54, 1.807) is 13.2 Å². The van der Waals surface area contributed by atoms with Crippen LogP contribution >= 0.6 is 0 Å². The zero-order valence-electron chi connectivity index (χ0n) is 13.4. The van der Waals surface area contributed by atoms with Crippen LogP contribution in [0.3, 0.4) is 0 Å². The maximum atomic E-state index is 10.2. The third-order valence-corrected chi connectivity index (χ3v) is 3.72. The van der Waals surface area contributed by atoms with Crippen molar-refractivity contribution < 1.29 is 20.1 Å². The van der Waals surface area contributed by atoms with Gasteiger partial charge in [-0.25, -0.2) is 0 Å². The van der Waals surface area contributed by atoms with Gasteiger partial charge in [0, 0.05) is 12.6 Å². The van der Waals surface area contributed by atoms with E-state index in [-0.39, 0.29) is 17.5 Å². The Labute approximate surface area is 136 Å². The van der Waals surface area contributed by atoms with Gasteiger partial charge in [-0.2, -0.15) is 0 Å². The van der Waals surface area contributed by atoms with E-state index in [4.69, 9.17) is 4.74 Å². The first-order valence-electron chi connectivity index (χ1n) is 7.56. The zero-order valence-corrected chi connectivity index (χ0v) is 13.4. The highest BCUT2D eigenvalue weighted by Gasteiger charge is 2.12. The number of phenols is 2. The smallest absolute Gasteiger partial charge is 0.157 e. The van der Waals surface area contributed by atoms with E-state index in [0.29, 0.717) is 12.1 Å². The number of phenolic OH excluding ortho intramolecular Hbond substituents is 2. The summed E-state index contributed by atoms with van der Waals surface area (Å²) < 4.78 is 5.21. The maximum absolute atomic E-state index is 10.2. The standard InChI is InChI=1S/C18H23NO4/c1-12(8-13-4-3-5-15(9-13)23-2)19-11-18(22)14-6-7-16(20)17(21)10-14/h3-7,9-10,12,18-22H,8,11H2,1-2H3/t12-,18+/m0/s1. The third-order valence-electron chi connectivity index (χ3n) is 3.72. The second kappa shape index (κ2) is 7.85. The van der Waals surface area contributed by atoms with Crippen molar-refractivity contribution in [1.82, 2.24) is 5.32 Å². The second-order valence-corrected chi connectivity index (χ2v) is 5.63. The van der Waals surface area contributed by atoms with E-state index >= 15 is 0 Å². The highest BCUT2D eigenvalue weighted by molar-refractivity contribution is 5.41. The molecule has 0 spiro atoms. The molecular weight excluding hydrogens is 294 g/mol. The fourth-order valence-electron chi connectivity index (χ4n) is 2.40. The largest absolute Gasteiger partial charge is 0.504 e. The van der Waals surface area contributed by atoms with Crippen molar-refractivity contribution in [2.75, 3.05) is 13.7 Å². The van der Waals surface area contributed by atoms with Crippen molar-refractivity contribution in [2.45, 2.75) is 25.5 Å². The highest BCUT2D eigenvalue weighted by atomic mass is 16.5. The van der Waals surface area contributed by atoms with Gasteiger partial charge in [-0.3, -0.25) is 0 Å². The zero-order chi connectivity index (χ0) is 16.8. The Morgan fingerprint density at radius 2 is 1.87 bits per heavy atom. The lowest BCUT2D eigenvalue weighted by molar-refractivity contribution is 0.170. The van der Waals surface area contributed by atoms with Crippen LogP contribution in [0.25, 0.3) is 0 Å². The number of hydrogen-bond acceptors (Lipinski definition) is 5. The fraction of sp³-hybridized carbons (Fsp3) is 0.333. The van der Waals surface area contributed by atoms with Crippen LogP contribution in [-0.4, -0.2) is 35.0 Å². The lowest BCUT2D eigenvalue weighted by Gasteiger charge is -2.18. The number of benzene rings is 2. The minimum absolute atomic E-state index is 0.169. The Bertz CT molecular complexity index is 645. The molecule has 0 fully saturated rings. The normalized spacial score (nSPS) is 13.5. The number of aliphatic hydroxyl groups excluding tert-OH is 1. The fourth-order valence-corrected chi connectivity index (χ4v) is 2.40. The first-order chi connectivity index (χ1) is 11.0. The number of hydrogen-bond donors (Lipinski definition) is 4. The molecule has 4 N–H and O–H groups in total. The van der Waals surface area contributed by atoms with Crippen LogP contribution in [0, 0.1) is 0 Å². The van der Waals surface area contributed by atoms with Gasteiger partial charge >= 0.3 is 0 Å². The first-order valence-corrected chi connectivity index (χ1v) is 7.56. The average molecular weight is 317 g/mol. The van der Waals surface area contributed by atoms with E-state index < -0.39 is 6.10 Å². The summed E-state index contributed by atoms with van der Waals surface area (Å²) in [5.74, 6) is 0.403. The Kier molecular flexibility index (Phi) is 5.84. The molecule has 2 aromatic carbocycles. The van der Waals surface area contributed by atoms with Crippen molar-refractivity contribution in [3.05, 3.63) is 53.6 Å². The van der Waals surface area contributed by atoms with Gasteiger partial charge in [0.15, 0.2) is 11.5 Å². The van der Waals surface area contributed by atoms with Crippen LogP contribution < -0.4 is 10.1 Å². The lowest BCUT2D eigenvalue weighted by atomic mass is 10.1. The molecule has 0 amide bonds. The Morgan fingerprint density at radius 1 is 1.09 bits per heavy atom. The molecule has 5 heteroatoms. The van der Waals surface area contributed by atoms with Gasteiger partial charge < -0.3 is 25.4 Å². The van der Waals surface area contributed by atoms with Gasteiger partial charge in [-0.05, 0) is 48.7 Å². The van der Waals surface area contributed by atoms with Gasteiger partial charge in [0.2, 0.25) is 0 Å². The summed E-state index contributed by atoms with van der Waals surface area (Å²) in [5, 5.41) is 32.2. The van der Waals surface area contributed by atoms with Crippen molar-refractivity contribution in [3.8, 4) is 17.2 Å². The van der Waals surface area contributed by atoms with E-state index in [9.17, 15) is 15.3 Å². The van der Waals surface area contributed by atoms with E-state index in [0.717, 1.165) is 17.7 Å². The number of ether oxygens (including phenoxy) is 1. The number of aliphatic hydroxyl groups is 1. The molecule has 0 aliphatic rings. The summed E-state index contributed by atoms with van der Waals surface area (Å²) in [7, 11) is 1.64.